The fourth-order valence-corrected chi connectivity index (χ4v) is 0.541. The van der Waals surface area contributed by atoms with Crippen molar-refractivity contribution in [2.45, 2.75) is 38.5 Å². The summed E-state index contributed by atoms with van der Waals surface area (Å²) in [6.45, 7) is 4.28. The number of aliphatic hydroxyl groups is 2. The molecule has 5 nitrogen and oxygen atoms in total. The number of ether oxygens (including phenoxy) is 1. The van der Waals surface area contributed by atoms with Crippen molar-refractivity contribution < 1.29 is 19.7 Å². The molecular formula is C8H17NO4. The van der Waals surface area contributed by atoms with Crippen LogP contribution in [0.5, 0.6) is 0 Å². The number of rotatable bonds is 4. The van der Waals surface area contributed by atoms with Gasteiger partial charge in [0.15, 0.2) is 0 Å². The van der Waals surface area contributed by atoms with Gasteiger partial charge in [-0.2, -0.15) is 0 Å². The molecule has 0 radical (unpaired) electrons. The zero-order valence-corrected chi connectivity index (χ0v) is 8.15. The summed E-state index contributed by atoms with van der Waals surface area (Å²) in [5.41, 5.74) is 4.21. The van der Waals surface area contributed by atoms with E-state index in [9.17, 15) is 9.90 Å². The molecule has 0 amide bonds. The highest BCUT2D eigenvalue weighted by Gasteiger charge is 2.23. The Hall–Kier alpha value is -0.650. The lowest BCUT2D eigenvalue weighted by Gasteiger charge is -2.19. The summed E-state index contributed by atoms with van der Waals surface area (Å²) < 4.78 is 4.66. The van der Waals surface area contributed by atoms with Gasteiger partial charge in [-0.1, -0.05) is 0 Å². The van der Waals surface area contributed by atoms with Gasteiger partial charge in [0, 0.05) is 0 Å². The molecule has 0 aromatic rings. The smallest absolute Gasteiger partial charge is 0.325 e. The Balaban J connectivity index is 3.89. The minimum absolute atomic E-state index is 0.133. The molecule has 0 heterocycles. The van der Waals surface area contributed by atoms with Gasteiger partial charge in [-0.15, -0.1) is 0 Å². The van der Waals surface area contributed by atoms with E-state index in [1.165, 1.54) is 20.8 Å². The van der Waals surface area contributed by atoms with Crippen LogP contribution in [0.1, 0.15) is 20.8 Å². The van der Waals surface area contributed by atoms with Gasteiger partial charge >= 0.3 is 5.97 Å². The van der Waals surface area contributed by atoms with Crippen LogP contribution in [0.25, 0.3) is 0 Å². The molecule has 0 spiro atoms. The van der Waals surface area contributed by atoms with Gasteiger partial charge in [0.25, 0.3) is 0 Å². The van der Waals surface area contributed by atoms with E-state index in [0.29, 0.717) is 0 Å². The van der Waals surface area contributed by atoms with Crippen LogP contribution in [-0.2, 0) is 9.53 Å². The first-order chi connectivity index (χ1) is 5.74. The van der Waals surface area contributed by atoms with Crippen molar-refractivity contribution in [3.05, 3.63) is 0 Å². The molecule has 0 bridgehead atoms. The highest BCUT2D eigenvalue weighted by Crippen LogP contribution is 2.02. The van der Waals surface area contributed by atoms with E-state index in [0.717, 1.165) is 0 Å². The minimum atomic E-state index is -1.08. The average Bonchev–Trinajstić information content (AvgIpc) is 1.97. The highest BCUT2D eigenvalue weighted by atomic mass is 16.5. The predicted octanol–water partition coefficient (Wildman–Crippen LogP) is -0.991. The van der Waals surface area contributed by atoms with Crippen molar-refractivity contribution in [2.24, 2.45) is 5.73 Å². The summed E-state index contributed by atoms with van der Waals surface area (Å²) in [6, 6.07) is -1.05. The third-order valence-corrected chi connectivity index (χ3v) is 1.36. The first-order valence-corrected chi connectivity index (χ1v) is 4.06. The van der Waals surface area contributed by atoms with E-state index in [-0.39, 0.29) is 6.61 Å². The maximum Gasteiger partial charge on any atom is 0.325 e. The molecule has 0 aliphatic carbocycles. The van der Waals surface area contributed by atoms with Gasteiger partial charge < -0.3 is 20.7 Å². The number of hydrogen-bond acceptors (Lipinski definition) is 5. The third-order valence-electron chi connectivity index (χ3n) is 1.36. The number of hydrogen-bond donors (Lipinski definition) is 3. The molecule has 0 aliphatic heterocycles. The normalized spacial score (nSPS) is 16.5. The van der Waals surface area contributed by atoms with Gasteiger partial charge in [-0.3, -0.25) is 4.79 Å². The second-order valence-electron chi connectivity index (χ2n) is 3.69. The Morgan fingerprint density at radius 2 is 2.08 bits per heavy atom. The standard InChI is InChI=1S/C8H17NO4/c1-5(10)6(9)7(11)13-4-8(2,3)12/h5-6,10,12H,4,9H2,1-3H3. The highest BCUT2D eigenvalue weighted by molar-refractivity contribution is 5.76. The second-order valence-corrected chi connectivity index (χ2v) is 3.69. The predicted molar refractivity (Wildman–Crippen MR) is 46.9 cm³/mol. The fraction of sp³-hybridized carbons (Fsp3) is 0.875. The lowest BCUT2D eigenvalue weighted by molar-refractivity contribution is -0.153. The van der Waals surface area contributed by atoms with Crippen molar-refractivity contribution in [3.63, 3.8) is 0 Å². The summed E-state index contributed by atoms with van der Waals surface area (Å²) in [4.78, 5) is 11.0. The van der Waals surface area contributed by atoms with Gasteiger partial charge in [-0.25, -0.2) is 0 Å². The molecule has 78 valence electrons. The summed E-state index contributed by atoms with van der Waals surface area (Å²) in [5, 5.41) is 18.1. The molecule has 0 aromatic carbocycles. The Labute approximate surface area is 77.5 Å². The van der Waals surface area contributed by atoms with Crippen LogP contribution < -0.4 is 5.73 Å². The summed E-state index contributed by atoms with van der Waals surface area (Å²) in [5.74, 6) is -0.711. The van der Waals surface area contributed by atoms with Crippen LogP contribution in [0.4, 0.5) is 0 Å². The molecule has 4 N–H and O–H groups in total. The van der Waals surface area contributed by atoms with E-state index in [1.54, 1.807) is 0 Å². The van der Waals surface area contributed by atoms with Gasteiger partial charge in [-0.05, 0) is 20.8 Å². The molecule has 0 rings (SSSR count). The Morgan fingerprint density at radius 1 is 1.62 bits per heavy atom. The first kappa shape index (κ1) is 12.3. The lowest BCUT2D eigenvalue weighted by atomic mass is 10.1. The molecule has 2 atom stereocenters. The van der Waals surface area contributed by atoms with Crippen LogP contribution in [-0.4, -0.2) is 40.5 Å². The number of aliphatic hydroxyl groups excluding tert-OH is 1. The number of carbonyl (C=O) groups excluding carboxylic acids is 1. The third kappa shape index (κ3) is 5.57. The van der Waals surface area contributed by atoms with Crippen molar-refractivity contribution in [1.29, 1.82) is 0 Å². The summed E-state index contributed by atoms with van der Waals surface area (Å²) in [6.07, 6.45) is -0.950. The zero-order chi connectivity index (χ0) is 10.6. The Bertz CT molecular complexity index is 173. The molecule has 13 heavy (non-hydrogen) atoms. The number of esters is 1. The van der Waals surface area contributed by atoms with Crippen LogP contribution in [0, 0.1) is 0 Å². The van der Waals surface area contributed by atoms with E-state index in [2.05, 4.69) is 4.74 Å². The lowest BCUT2D eigenvalue weighted by Crippen LogP contribution is -2.43. The molecule has 0 fully saturated rings. The largest absolute Gasteiger partial charge is 0.461 e. The van der Waals surface area contributed by atoms with Crippen molar-refractivity contribution in [1.82, 2.24) is 0 Å². The van der Waals surface area contributed by atoms with E-state index >= 15 is 0 Å². The van der Waals surface area contributed by atoms with Crippen LogP contribution in [0.3, 0.4) is 0 Å². The Morgan fingerprint density at radius 3 is 2.38 bits per heavy atom. The van der Waals surface area contributed by atoms with Crippen LogP contribution >= 0.6 is 0 Å². The average molecular weight is 191 g/mol. The van der Waals surface area contributed by atoms with Crippen molar-refractivity contribution in [2.75, 3.05) is 6.61 Å². The summed E-state index contributed by atoms with van der Waals surface area (Å²) >= 11 is 0. The quantitative estimate of drug-likeness (QED) is 0.496. The number of nitrogens with two attached hydrogens (primary N) is 1. The van der Waals surface area contributed by atoms with Gasteiger partial charge in [0.2, 0.25) is 0 Å². The minimum Gasteiger partial charge on any atom is -0.461 e. The summed E-state index contributed by atoms with van der Waals surface area (Å²) in [7, 11) is 0. The van der Waals surface area contributed by atoms with Crippen LogP contribution in [0.2, 0.25) is 0 Å². The van der Waals surface area contributed by atoms with Gasteiger partial charge in [0.1, 0.15) is 12.6 Å². The maximum atomic E-state index is 11.0. The van der Waals surface area contributed by atoms with E-state index < -0.39 is 23.7 Å². The molecule has 2 unspecified atom stereocenters. The fourth-order valence-electron chi connectivity index (χ4n) is 0.541. The molecule has 0 aromatic heterocycles. The molecular weight excluding hydrogens is 174 g/mol. The Kier molecular flexibility index (Phi) is 4.32. The number of carbonyl (C=O) groups is 1. The SMILES string of the molecule is CC(O)C(N)C(=O)OCC(C)(C)O. The van der Waals surface area contributed by atoms with Gasteiger partial charge in [0.05, 0.1) is 11.7 Å². The molecule has 0 saturated carbocycles. The van der Waals surface area contributed by atoms with Crippen LogP contribution in [0.15, 0.2) is 0 Å². The zero-order valence-electron chi connectivity index (χ0n) is 8.15. The van der Waals surface area contributed by atoms with Crippen molar-refractivity contribution >= 4 is 5.97 Å². The monoisotopic (exact) mass is 191 g/mol. The van der Waals surface area contributed by atoms with E-state index in [1.807, 2.05) is 0 Å². The second kappa shape index (κ2) is 4.55. The molecule has 0 saturated heterocycles. The molecule has 0 aliphatic rings. The topological polar surface area (TPSA) is 92.8 Å². The maximum absolute atomic E-state index is 11.0. The first-order valence-electron chi connectivity index (χ1n) is 4.06. The van der Waals surface area contributed by atoms with Crippen molar-refractivity contribution in [3.8, 4) is 0 Å². The van der Waals surface area contributed by atoms with E-state index in [4.69, 9.17) is 10.8 Å². The molecule has 5 heteroatoms.